The summed E-state index contributed by atoms with van der Waals surface area (Å²) in [5, 5.41) is 4.95. The molecule has 2 heterocycles. The highest BCUT2D eigenvalue weighted by atomic mass is 32.2. The largest absolute Gasteiger partial charge is 0.310 e. The summed E-state index contributed by atoms with van der Waals surface area (Å²) in [6.45, 7) is 4.72. The van der Waals surface area contributed by atoms with Crippen LogP contribution in [-0.4, -0.2) is 4.57 Å². The number of aromatic nitrogens is 1. The lowest BCUT2D eigenvalue weighted by molar-refractivity contribution is 0.660. The molecule has 14 rings (SSSR count). The van der Waals surface area contributed by atoms with E-state index in [1.807, 2.05) is 11.8 Å². The van der Waals surface area contributed by atoms with Gasteiger partial charge < -0.3 is 14.4 Å². The van der Waals surface area contributed by atoms with Crippen LogP contribution in [0.15, 0.2) is 259 Å². The van der Waals surface area contributed by atoms with Gasteiger partial charge >= 0.3 is 0 Å². The minimum atomic E-state index is -0.108. The van der Waals surface area contributed by atoms with Crippen LogP contribution in [0.4, 0.5) is 34.1 Å². The summed E-state index contributed by atoms with van der Waals surface area (Å²) >= 11 is 1.85. The molecular formula is C67H47N3S. The molecule has 0 amide bonds. The number of para-hydroxylation sites is 3. The highest BCUT2D eigenvalue weighted by Gasteiger charge is 2.36. The zero-order chi connectivity index (χ0) is 47.2. The van der Waals surface area contributed by atoms with Crippen LogP contribution >= 0.6 is 11.8 Å². The monoisotopic (exact) mass is 925 g/mol. The predicted octanol–water partition coefficient (Wildman–Crippen LogP) is 19.0. The Morgan fingerprint density at radius 2 is 1.00 bits per heavy atom. The van der Waals surface area contributed by atoms with Gasteiger partial charge in [-0.05, 0) is 147 Å². The Balaban J connectivity index is 0.806. The average molecular weight is 926 g/mol. The first-order valence-corrected chi connectivity index (χ1v) is 25.3. The first-order valence-electron chi connectivity index (χ1n) is 24.5. The molecule has 0 fully saturated rings. The Morgan fingerprint density at radius 1 is 0.380 bits per heavy atom. The van der Waals surface area contributed by atoms with E-state index in [-0.39, 0.29) is 5.41 Å². The van der Waals surface area contributed by atoms with Crippen molar-refractivity contribution in [1.82, 2.24) is 4.57 Å². The van der Waals surface area contributed by atoms with E-state index in [4.69, 9.17) is 0 Å². The summed E-state index contributed by atoms with van der Waals surface area (Å²) in [7, 11) is 0. The summed E-state index contributed by atoms with van der Waals surface area (Å²) < 4.78 is 2.37. The molecule has 71 heavy (non-hydrogen) atoms. The number of hydrogen-bond acceptors (Lipinski definition) is 3. The zero-order valence-electron chi connectivity index (χ0n) is 39.4. The first kappa shape index (κ1) is 41.4. The van der Waals surface area contributed by atoms with Crippen molar-refractivity contribution in [3.05, 3.63) is 260 Å². The second kappa shape index (κ2) is 16.3. The molecule has 0 bridgehead atoms. The van der Waals surface area contributed by atoms with Crippen molar-refractivity contribution in [2.45, 2.75) is 29.1 Å². The highest BCUT2D eigenvalue weighted by molar-refractivity contribution is 7.99. The van der Waals surface area contributed by atoms with Crippen molar-refractivity contribution >= 4 is 78.5 Å². The maximum absolute atomic E-state index is 2.44. The van der Waals surface area contributed by atoms with Gasteiger partial charge in [-0.1, -0.05) is 177 Å². The third-order valence-electron chi connectivity index (χ3n) is 15.0. The van der Waals surface area contributed by atoms with Gasteiger partial charge in [0.1, 0.15) is 0 Å². The number of rotatable bonds is 7. The van der Waals surface area contributed by atoms with Crippen molar-refractivity contribution in [2.75, 3.05) is 9.80 Å². The summed E-state index contributed by atoms with van der Waals surface area (Å²) in [6.07, 6.45) is 0. The van der Waals surface area contributed by atoms with Crippen LogP contribution in [0.2, 0.25) is 0 Å². The molecule has 336 valence electrons. The molecule has 0 saturated heterocycles. The minimum Gasteiger partial charge on any atom is -0.310 e. The van der Waals surface area contributed by atoms with Gasteiger partial charge in [0.15, 0.2) is 0 Å². The van der Waals surface area contributed by atoms with Gasteiger partial charge in [-0.2, -0.15) is 0 Å². The third-order valence-corrected chi connectivity index (χ3v) is 16.1. The maximum Gasteiger partial charge on any atom is 0.0602 e. The molecule has 11 aromatic carbocycles. The second-order valence-electron chi connectivity index (χ2n) is 19.3. The molecule has 1 aliphatic carbocycles. The van der Waals surface area contributed by atoms with Crippen molar-refractivity contribution in [3.8, 4) is 39.1 Å². The van der Waals surface area contributed by atoms with Crippen molar-refractivity contribution in [1.29, 1.82) is 0 Å². The van der Waals surface area contributed by atoms with Crippen LogP contribution < -0.4 is 9.80 Å². The number of hydrogen-bond donors (Lipinski definition) is 0. The summed E-state index contributed by atoms with van der Waals surface area (Å²) in [5.41, 5.74) is 20.6. The van der Waals surface area contributed by atoms with Crippen LogP contribution in [0.3, 0.4) is 0 Å². The highest BCUT2D eigenvalue weighted by Crippen LogP contribution is 2.54. The Morgan fingerprint density at radius 3 is 1.86 bits per heavy atom. The molecule has 3 nitrogen and oxygen atoms in total. The molecule has 0 atom stereocenters. The van der Waals surface area contributed by atoms with Gasteiger partial charge in [0.2, 0.25) is 0 Å². The Labute approximate surface area is 418 Å². The lowest BCUT2D eigenvalue weighted by atomic mass is 9.82. The Kier molecular flexibility index (Phi) is 9.49. The molecule has 0 saturated carbocycles. The van der Waals surface area contributed by atoms with E-state index >= 15 is 0 Å². The molecule has 0 N–H and O–H groups in total. The predicted molar refractivity (Wildman–Crippen MR) is 300 cm³/mol. The molecule has 1 aromatic heterocycles. The van der Waals surface area contributed by atoms with Crippen LogP contribution in [0.25, 0.3) is 71.6 Å². The lowest BCUT2D eigenvalue weighted by Crippen LogP contribution is -2.16. The van der Waals surface area contributed by atoms with E-state index in [1.165, 1.54) is 104 Å². The van der Waals surface area contributed by atoms with Gasteiger partial charge in [-0.25, -0.2) is 0 Å². The summed E-state index contributed by atoms with van der Waals surface area (Å²) in [6, 6.07) is 91.6. The smallest absolute Gasteiger partial charge is 0.0602 e. The zero-order valence-corrected chi connectivity index (χ0v) is 40.2. The lowest BCUT2D eigenvalue weighted by Gasteiger charge is -2.33. The first-order chi connectivity index (χ1) is 35.0. The van der Waals surface area contributed by atoms with Crippen LogP contribution in [0.1, 0.15) is 25.0 Å². The van der Waals surface area contributed by atoms with Crippen LogP contribution in [0, 0.1) is 0 Å². The standard InChI is InChI=1S/C67H47N3S/c1-67(2)58-22-10-8-20-54(58)55-38-37-52(43-59(55)67)68(60-25-14-16-46-15-6-7-19-53(46)60)50-33-27-45(28-34-50)48-32-40-64-66(42-48)71-65-26-13-12-24-63(65)70(64)51-35-29-44(30-36-51)47-31-39-62-57(41-47)56-21-9-11-23-61(56)69(62)49-17-4-3-5-18-49/h3-43H,1-2H3. The maximum atomic E-state index is 2.44. The fourth-order valence-corrected chi connectivity index (χ4v) is 12.6. The van der Waals surface area contributed by atoms with E-state index in [0.717, 1.165) is 22.7 Å². The van der Waals surface area contributed by atoms with Crippen molar-refractivity contribution < 1.29 is 0 Å². The number of nitrogens with zero attached hydrogens (tertiary/aromatic N) is 3. The van der Waals surface area contributed by atoms with Crippen molar-refractivity contribution in [2.24, 2.45) is 0 Å². The molecule has 0 spiro atoms. The van der Waals surface area contributed by atoms with Gasteiger partial charge in [-0.3, -0.25) is 0 Å². The van der Waals surface area contributed by atoms with Gasteiger partial charge in [0.05, 0.1) is 28.1 Å². The number of fused-ring (bicyclic) bond motifs is 9. The number of anilines is 6. The second-order valence-corrected chi connectivity index (χ2v) is 20.4. The molecule has 12 aromatic rings. The summed E-state index contributed by atoms with van der Waals surface area (Å²) in [4.78, 5) is 7.33. The van der Waals surface area contributed by atoms with E-state index in [9.17, 15) is 0 Å². The van der Waals surface area contributed by atoms with Gasteiger partial charge in [-0.15, -0.1) is 0 Å². The van der Waals surface area contributed by atoms with Crippen molar-refractivity contribution in [3.63, 3.8) is 0 Å². The van der Waals surface area contributed by atoms with Crippen LogP contribution in [-0.2, 0) is 5.41 Å². The SMILES string of the molecule is CC1(C)c2ccccc2-c2ccc(N(c3ccc(-c4ccc5c(c4)Sc4ccccc4N5c4ccc(-c5ccc6c(c5)c5ccccc5n6-c5ccccc5)cc4)cc3)c3cccc4ccccc34)cc21. The Bertz CT molecular complexity index is 4050. The third kappa shape index (κ3) is 6.66. The van der Waals surface area contributed by atoms with Gasteiger partial charge in [0.25, 0.3) is 0 Å². The fraction of sp³-hybridized carbons (Fsp3) is 0.0448. The quantitative estimate of drug-likeness (QED) is 0.158. The van der Waals surface area contributed by atoms with E-state index in [1.54, 1.807) is 0 Å². The molecule has 2 aliphatic rings. The molecule has 4 heteroatoms. The topological polar surface area (TPSA) is 11.4 Å². The van der Waals surface area contributed by atoms with Gasteiger partial charge in [0, 0.05) is 54.1 Å². The van der Waals surface area contributed by atoms with E-state index in [0.29, 0.717) is 0 Å². The molecule has 0 unspecified atom stereocenters. The average Bonchev–Trinajstić information content (AvgIpc) is 3.88. The number of benzene rings is 11. The normalized spacial score (nSPS) is 13.2. The van der Waals surface area contributed by atoms with E-state index in [2.05, 4.69) is 277 Å². The molecule has 0 radical (unpaired) electrons. The summed E-state index contributed by atoms with van der Waals surface area (Å²) in [5.74, 6) is 0. The molecule has 1 aliphatic heterocycles. The fourth-order valence-electron chi connectivity index (χ4n) is 11.5. The Hall–Kier alpha value is -8.57. The minimum absolute atomic E-state index is 0.108. The van der Waals surface area contributed by atoms with Crippen LogP contribution in [0.5, 0.6) is 0 Å². The molecular weight excluding hydrogens is 879 g/mol. The van der Waals surface area contributed by atoms with E-state index < -0.39 is 0 Å².